The molecule has 0 saturated carbocycles. The Morgan fingerprint density at radius 3 is 2.00 bits per heavy atom. The lowest BCUT2D eigenvalue weighted by Crippen LogP contribution is -2.21. The first-order valence-corrected chi connectivity index (χ1v) is 7.81. The SMILES string of the molecule is CC(=O)Nc1ccc(NC(=O)COC(=O)Cc2ccc(C)cc2)cc1. The van der Waals surface area contributed by atoms with Crippen LogP contribution in [-0.4, -0.2) is 24.4 Å². The number of carbonyl (C=O) groups excluding carboxylic acids is 3. The summed E-state index contributed by atoms with van der Waals surface area (Å²) in [4.78, 5) is 34.5. The fourth-order valence-corrected chi connectivity index (χ4v) is 2.11. The number of ether oxygens (including phenoxy) is 1. The maximum absolute atomic E-state index is 11.8. The summed E-state index contributed by atoms with van der Waals surface area (Å²) in [5, 5.41) is 5.25. The molecule has 0 radical (unpaired) electrons. The number of rotatable bonds is 6. The van der Waals surface area contributed by atoms with Gasteiger partial charge in [-0.3, -0.25) is 14.4 Å². The third-order valence-electron chi connectivity index (χ3n) is 3.32. The van der Waals surface area contributed by atoms with Crippen molar-refractivity contribution < 1.29 is 19.1 Å². The highest BCUT2D eigenvalue weighted by Crippen LogP contribution is 2.13. The largest absolute Gasteiger partial charge is 0.455 e. The Bertz CT molecular complexity index is 752. The lowest BCUT2D eigenvalue weighted by molar-refractivity contribution is -0.146. The van der Waals surface area contributed by atoms with Crippen molar-refractivity contribution in [2.45, 2.75) is 20.3 Å². The first kappa shape index (κ1) is 18.2. The molecule has 2 rings (SSSR count). The topological polar surface area (TPSA) is 84.5 Å². The van der Waals surface area contributed by atoms with Crippen LogP contribution in [0.25, 0.3) is 0 Å². The van der Waals surface area contributed by atoms with Gasteiger partial charge < -0.3 is 15.4 Å². The number of hydrogen-bond acceptors (Lipinski definition) is 4. The van der Waals surface area contributed by atoms with Crippen molar-refractivity contribution in [3.05, 3.63) is 59.7 Å². The maximum atomic E-state index is 11.8. The van der Waals surface area contributed by atoms with E-state index in [9.17, 15) is 14.4 Å². The van der Waals surface area contributed by atoms with Crippen molar-refractivity contribution in [2.24, 2.45) is 0 Å². The van der Waals surface area contributed by atoms with E-state index in [0.29, 0.717) is 11.4 Å². The van der Waals surface area contributed by atoms with Crippen LogP contribution in [0.5, 0.6) is 0 Å². The minimum atomic E-state index is -0.458. The minimum Gasteiger partial charge on any atom is -0.455 e. The van der Waals surface area contributed by atoms with Crippen molar-refractivity contribution in [2.75, 3.05) is 17.2 Å². The lowest BCUT2D eigenvalue weighted by atomic mass is 10.1. The van der Waals surface area contributed by atoms with Gasteiger partial charge in [-0.25, -0.2) is 0 Å². The molecular weight excluding hydrogens is 320 g/mol. The van der Waals surface area contributed by atoms with Crippen LogP contribution in [0.4, 0.5) is 11.4 Å². The van der Waals surface area contributed by atoms with Gasteiger partial charge in [-0.2, -0.15) is 0 Å². The molecule has 2 N–H and O–H groups in total. The van der Waals surface area contributed by atoms with Gasteiger partial charge in [0.05, 0.1) is 6.42 Å². The predicted molar refractivity (Wildman–Crippen MR) is 95.2 cm³/mol. The van der Waals surface area contributed by atoms with Crippen LogP contribution in [0.1, 0.15) is 18.1 Å². The third kappa shape index (κ3) is 6.47. The van der Waals surface area contributed by atoms with E-state index in [1.54, 1.807) is 24.3 Å². The zero-order valence-electron chi connectivity index (χ0n) is 14.2. The maximum Gasteiger partial charge on any atom is 0.310 e. The second kappa shape index (κ2) is 8.63. The first-order chi connectivity index (χ1) is 11.9. The van der Waals surface area contributed by atoms with Crippen molar-refractivity contribution in [3.63, 3.8) is 0 Å². The van der Waals surface area contributed by atoms with E-state index in [4.69, 9.17) is 4.74 Å². The summed E-state index contributed by atoms with van der Waals surface area (Å²) < 4.78 is 4.98. The molecule has 0 aliphatic heterocycles. The molecule has 0 spiro atoms. The molecule has 0 fully saturated rings. The highest BCUT2D eigenvalue weighted by molar-refractivity contribution is 5.93. The Morgan fingerprint density at radius 2 is 1.44 bits per heavy atom. The van der Waals surface area contributed by atoms with Crippen LogP contribution >= 0.6 is 0 Å². The van der Waals surface area contributed by atoms with Gasteiger partial charge in [0, 0.05) is 18.3 Å². The molecule has 0 unspecified atom stereocenters. The van der Waals surface area contributed by atoms with E-state index in [2.05, 4.69) is 10.6 Å². The Labute approximate surface area is 146 Å². The van der Waals surface area contributed by atoms with Gasteiger partial charge in [-0.05, 0) is 36.8 Å². The number of amides is 2. The summed E-state index contributed by atoms with van der Waals surface area (Å²) in [6.45, 7) is 3.04. The molecule has 0 heterocycles. The monoisotopic (exact) mass is 340 g/mol. The molecule has 0 aliphatic rings. The number of aryl methyl sites for hydroxylation is 1. The van der Waals surface area contributed by atoms with E-state index in [0.717, 1.165) is 11.1 Å². The van der Waals surface area contributed by atoms with E-state index in [1.165, 1.54) is 6.92 Å². The fraction of sp³-hybridized carbons (Fsp3) is 0.211. The molecule has 0 aliphatic carbocycles. The summed E-state index contributed by atoms with van der Waals surface area (Å²) in [7, 11) is 0. The Kier molecular flexibility index (Phi) is 6.28. The Balaban J connectivity index is 1.77. The molecule has 0 aromatic heterocycles. The smallest absolute Gasteiger partial charge is 0.310 e. The van der Waals surface area contributed by atoms with Crippen molar-refractivity contribution in [1.82, 2.24) is 0 Å². The number of hydrogen-bond donors (Lipinski definition) is 2. The van der Waals surface area contributed by atoms with Crippen molar-refractivity contribution in [3.8, 4) is 0 Å². The molecule has 0 atom stereocenters. The van der Waals surface area contributed by atoms with Gasteiger partial charge in [-0.1, -0.05) is 29.8 Å². The van der Waals surface area contributed by atoms with Crippen LogP contribution in [0.15, 0.2) is 48.5 Å². The average Bonchev–Trinajstić information content (AvgIpc) is 2.56. The summed E-state index contributed by atoms with van der Waals surface area (Å²) in [6, 6.07) is 14.2. The fourth-order valence-electron chi connectivity index (χ4n) is 2.11. The standard InChI is InChI=1S/C19H20N2O4/c1-13-3-5-15(6-4-13)11-19(24)25-12-18(23)21-17-9-7-16(8-10-17)20-14(2)22/h3-10H,11-12H2,1-2H3,(H,20,22)(H,21,23). The number of anilines is 2. The number of esters is 1. The van der Waals surface area contributed by atoms with Crippen LogP contribution in [0, 0.1) is 6.92 Å². The molecule has 0 saturated heterocycles. The van der Waals surface area contributed by atoms with E-state index in [1.807, 2.05) is 31.2 Å². The normalized spacial score (nSPS) is 10.0. The second-order valence-electron chi connectivity index (χ2n) is 5.63. The van der Waals surface area contributed by atoms with E-state index < -0.39 is 11.9 Å². The zero-order chi connectivity index (χ0) is 18.2. The highest BCUT2D eigenvalue weighted by Gasteiger charge is 2.09. The molecular formula is C19H20N2O4. The van der Waals surface area contributed by atoms with E-state index in [-0.39, 0.29) is 18.9 Å². The van der Waals surface area contributed by atoms with Gasteiger partial charge in [0.1, 0.15) is 0 Å². The van der Waals surface area contributed by atoms with Gasteiger partial charge in [0.15, 0.2) is 6.61 Å². The van der Waals surface area contributed by atoms with Gasteiger partial charge in [-0.15, -0.1) is 0 Å². The first-order valence-electron chi connectivity index (χ1n) is 7.81. The molecule has 25 heavy (non-hydrogen) atoms. The Hall–Kier alpha value is -3.15. The van der Waals surface area contributed by atoms with Crippen LogP contribution in [0.2, 0.25) is 0 Å². The second-order valence-corrected chi connectivity index (χ2v) is 5.63. The highest BCUT2D eigenvalue weighted by atomic mass is 16.5. The summed E-state index contributed by atoms with van der Waals surface area (Å²) >= 11 is 0. The Morgan fingerprint density at radius 1 is 0.880 bits per heavy atom. The summed E-state index contributed by atoms with van der Waals surface area (Å²) in [5.41, 5.74) is 3.13. The third-order valence-corrected chi connectivity index (χ3v) is 3.32. The van der Waals surface area contributed by atoms with Crippen LogP contribution in [-0.2, 0) is 25.5 Å². The van der Waals surface area contributed by atoms with Gasteiger partial charge in [0.25, 0.3) is 5.91 Å². The summed E-state index contributed by atoms with van der Waals surface area (Å²) in [6.07, 6.45) is 0.124. The van der Waals surface area contributed by atoms with Crippen molar-refractivity contribution >= 4 is 29.2 Å². The van der Waals surface area contributed by atoms with Crippen LogP contribution < -0.4 is 10.6 Å². The number of nitrogens with one attached hydrogen (secondary N) is 2. The van der Waals surface area contributed by atoms with Gasteiger partial charge in [0.2, 0.25) is 5.91 Å². The molecule has 6 nitrogen and oxygen atoms in total. The van der Waals surface area contributed by atoms with Crippen LogP contribution in [0.3, 0.4) is 0 Å². The molecule has 6 heteroatoms. The average molecular weight is 340 g/mol. The molecule has 2 aromatic carbocycles. The zero-order valence-corrected chi connectivity index (χ0v) is 14.2. The quantitative estimate of drug-likeness (QED) is 0.792. The van der Waals surface area contributed by atoms with Gasteiger partial charge >= 0.3 is 5.97 Å². The number of carbonyl (C=O) groups is 3. The molecule has 2 amide bonds. The number of benzene rings is 2. The minimum absolute atomic E-state index is 0.124. The van der Waals surface area contributed by atoms with E-state index >= 15 is 0 Å². The molecule has 130 valence electrons. The van der Waals surface area contributed by atoms with Crippen molar-refractivity contribution in [1.29, 1.82) is 0 Å². The lowest BCUT2D eigenvalue weighted by Gasteiger charge is -2.08. The molecule has 0 bridgehead atoms. The summed E-state index contributed by atoms with van der Waals surface area (Å²) in [5.74, 6) is -1.05. The molecule has 2 aromatic rings. The predicted octanol–water partition coefficient (Wildman–Crippen LogP) is 2.68.